The molecule has 15 heavy (non-hydrogen) atoms. The van der Waals surface area contributed by atoms with Crippen LogP contribution in [-0.2, 0) is 17.1 Å². The fraction of sp³-hybridized carbons (Fsp3) is 0.556. The summed E-state index contributed by atoms with van der Waals surface area (Å²) < 4.78 is 26.9. The molecule has 0 saturated heterocycles. The molecular formula is C9H17N3O2S. The largest absolute Gasteiger partial charge is 0.356 e. The summed E-state index contributed by atoms with van der Waals surface area (Å²) in [4.78, 5) is 0.337. The van der Waals surface area contributed by atoms with Crippen LogP contribution in [0.4, 0.5) is 0 Å². The summed E-state index contributed by atoms with van der Waals surface area (Å²) in [6.45, 7) is 1.11. The molecule has 1 aromatic rings. The highest BCUT2D eigenvalue weighted by atomic mass is 32.2. The Hall–Kier alpha value is -0.850. The number of hydrogen-bond acceptors (Lipinski definition) is 3. The number of nitrogens with zero attached hydrogens (tertiary/aromatic N) is 2. The molecule has 86 valence electrons. The second-order valence-corrected chi connectivity index (χ2v) is 5.49. The molecule has 0 aliphatic heterocycles. The first-order valence-electron chi connectivity index (χ1n) is 4.71. The van der Waals surface area contributed by atoms with Crippen LogP contribution in [0.5, 0.6) is 0 Å². The summed E-state index contributed by atoms with van der Waals surface area (Å²) in [5, 5.41) is 2.92. The number of aromatic nitrogens is 1. The van der Waals surface area contributed by atoms with Crippen molar-refractivity contribution in [2.75, 3.05) is 27.2 Å². The molecule has 0 saturated carbocycles. The van der Waals surface area contributed by atoms with E-state index in [-0.39, 0.29) is 0 Å². The van der Waals surface area contributed by atoms with Crippen LogP contribution in [-0.4, -0.2) is 44.5 Å². The lowest BCUT2D eigenvalue weighted by molar-refractivity contribution is 0.466. The number of aryl methyl sites for hydroxylation is 1. The van der Waals surface area contributed by atoms with E-state index in [0.29, 0.717) is 18.0 Å². The van der Waals surface area contributed by atoms with Crippen molar-refractivity contribution in [2.45, 2.75) is 4.90 Å². The van der Waals surface area contributed by atoms with E-state index in [1.165, 1.54) is 4.31 Å². The monoisotopic (exact) mass is 231 g/mol. The molecule has 1 N–H and O–H groups in total. The van der Waals surface area contributed by atoms with Crippen molar-refractivity contribution < 1.29 is 8.42 Å². The second kappa shape index (κ2) is 4.78. The molecule has 1 heterocycles. The molecule has 0 aliphatic rings. The molecule has 0 atom stereocenters. The van der Waals surface area contributed by atoms with Gasteiger partial charge in [0, 0.05) is 39.6 Å². The topological polar surface area (TPSA) is 54.3 Å². The molecule has 0 spiro atoms. The lowest BCUT2D eigenvalue weighted by Gasteiger charge is -2.15. The normalized spacial score (nSPS) is 12.3. The maximum absolute atomic E-state index is 11.9. The van der Waals surface area contributed by atoms with Gasteiger partial charge in [-0.1, -0.05) is 0 Å². The van der Waals surface area contributed by atoms with Crippen LogP contribution in [0.2, 0.25) is 0 Å². The van der Waals surface area contributed by atoms with E-state index in [9.17, 15) is 8.42 Å². The first-order chi connectivity index (χ1) is 6.98. The summed E-state index contributed by atoms with van der Waals surface area (Å²) in [6.07, 6.45) is 3.32. The fourth-order valence-corrected chi connectivity index (χ4v) is 2.42. The van der Waals surface area contributed by atoms with E-state index < -0.39 is 10.0 Å². The van der Waals surface area contributed by atoms with Crippen molar-refractivity contribution in [3.63, 3.8) is 0 Å². The summed E-state index contributed by atoms with van der Waals surface area (Å²) >= 11 is 0. The number of likely N-dealkylation sites (N-methyl/N-ethyl adjacent to an activating group) is 2. The van der Waals surface area contributed by atoms with Gasteiger partial charge in [-0.3, -0.25) is 0 Å². The zero-order valence-electron chi connectivity index (χ0n) is 9.27. The Balaban J connectivity index is 2.83. The van der Waals surface area contributed by atoms with Crippen molar-refractivity contribution in [1.82, 2.24) is 14.2 Å². The SMILES string of the molecule is CNCCN(C)S(=O)(=O)c1ccn(C)c1. The molecule has 1 rings (SSSR count). The van der Waals surface area contributed by atoms with Crippen molar-refractivity contribution in [2.24, 2.45) is 7.05 Å². The van der Waals surface area contributed by atoms with Gasteiger partial charge >= 0.3 is 0 Å². The Morgan fingerprint density at radius 3 is 2.67 bits per heavy atom. The maximum atomic E-state index is 11.9. The van der Waals surface area contributed by atoms with E-state index in [0.717, 1.165) is 0 Å². The van der Waals surface area contributed by atoms with E-state index >= 15 is 0 Å². The van der Waals surface area contributed by atoms with Crippen LogP contribution < -0.4 is 5.32 Å². The van der Waals surface area contributed by atoms with Gasteiger partial charge in [-0.2, -0.15) is 4.31 Å². The Labute approximate surface area is 90.7 Å². The summed E-state index contributed by atoms with van der Waals surface area (Å²) in [5.74, 6) is 0. The first kappa shape index (κ1) is 12.2. The van der Waals surface area contributed by atoms with Crippen molar-refractivity contribution >= 4 is 10.0 Å². The molecule has 6 heteroatoms. The Morgan fingerprint density at radius 1 is 1.53 bits per heavy atom. The third-order valence-corrected chi connectivity index (χ3v) is 4.03. The molecule has 0 radical (unpaired) electrons. The van der Waals surface area contributed by atoms with Gasteiger partial charge in [-0.15, -0.1) is 0 Å². The standard InChI is InChI=1S/C9H17N3O2S/c1-10-5-7-12(3)15(13,14)9-4-6-11(2)8-9/h4,6,8,10H,5,7H2,1-3H3. The van der Waals surface area contributed by atoms with E-state index in [1.54, 1.807) is 44.2 Å². The smallest absolute Gasteiger partial charge is 0.244 e. The molecule has 0 aliphatic carbocycles. The third-order valence-electron chi connectivity index (χ3n) is 2.19. The predicted octanol–water partition coefficient (Wildman–Crippen LogP) is -0.135. The fourth-order valence-electron chi connectivity index (χ4n) is 1.20. The van der Waals surface area contributed by atoms with E-state index in [2.05, 4.69) is 5.32 Å². The highest BCUT2D eigenvalue weighted by molar-refractivity contribution is 7.89. The Kier molecular flexibility index (Phi) is 3.90. The molecule has 1 aromatic heterocycles. The zero-order valence-corrected chi connectivity index (χ0v) is 10.1. The Bertz CT molecular complexity index is 411. The highest BCUT2D eigenvalue weighted by Gasteiger charge is 2.20. The van der Waals surface area contributed by atoms with Gasteiger partial charge in [-0.25, -0.2) is 8.42 Å². The van der Waals surface area contributed by atoms with E-state index in [1.807, 2.05) is 0 Å². The number of hydrogen-bond donors (Lipinski definition) is 1. The minimum absolute atomic E-state index is 0.337. The van der Waals surface area contributed by atoms with Gasteiger partial charge in [0.25, 0.3) is 0 Å². The van der Waals surface area contributed by atoms with E-state index in [4.69, 9.17) is 0 Å². The quantitative estimate of drug-likeness (QED) is 0.767. The molecule has 0 amide bonds. The second-order valence-electron chi connectivity index (χ2n) is 3.44. The maximum Gasteiger partial charge on any atom is 0.244 e. The summed E-state index contributed by atoms with van der Waals surface area (Å²) in [6, 6.07) is 1.60. The van der Waals surface area contributed by atoms with Crippen LogP contribution in [0, 0.1) is 0 Å². The van der Waals surface area contributed by atoms with Gasteiger partial charge in [0.2, 0.25) is 10.0 Å². The lowest BCUT2D eigenvalue weighted by atomic mass is 10.6. The average Bonchev–Trinajstić information content (AvgIpc) is 2.61. The van der Waals surface area contributed by atoms with Crippen LogP contribution in [0.1, 0.15) is 0 Å². The minimum atomic E-state index is -3.32. The van der Waals surface area contributed by atoms with Crippen molar-refractivity contribution in [1.29, 1.82) is 0 Å². The minimum Gasteiger partial charge on any atom is -0.356 e. The Morgan fingerprint density at radius 2 is 2.20 bits per heavy atom. The van der Waals surface area contributed by atoms with Gasteiger partial charge < -0.3 is 9.88 Å². The predicted molar refractivity (Wildman–Crippen MR) is 59.2 cm³/mol. The van der Waals surface area contributed by atoms with Gasteiger partial charge in [0.1, 0.15) is 0 Å². The lowest BCUT2D eigenvalue weighted by Crippen LogP contribution is -2.32. The molecule has 0 unspecified atom stereocenters. The highest BCUT2D eigenvalue weighted by Crippen LogP contribution is 2.13. The first-order valence-corrected chi connectivity index (χ1v) is 6.15. The number of sulfonamides is 1. The summed E-state index contributed by atoms with van der Waals surface area (Å²) in [5.41, 5.74) is 0. The van der Waals surface area contributed by atoms with Crippen molar-refractivity contribution in [3.05, 3.63) is 18.5 Å². The van der Waals surface area contributed by atoms with Crippen LogP contribution in [0.25, 0.3) is 0 Å². The third kappa shape index (κ3) is 2.80. The average molecular weight is 231 g/mol. The molecular weight excluding hydrogens is 214 g/mol. The summed E-state index contributed by atoms with van der Waals surface area (Å²) in [7, 11) is 1.86. The number of rotatable bonds is 5. The molecule has 0 bridgehead atoms. The van der Waals surface area contributed by atoms with Crippen LogP contribution >= 0.6 is 0 Å². The van der Waals surface area contributed by atoms with Gasteiger partial charge in [0.15, 0.2) is 0 Å². The van der Waals surface area contributed by atoms with Gasteiger partial charge in [-0.05, 0) is 13.1 Å². The van der Waals surface area contributed by atoms with Crippen LogP contribution in [0.15, 0.2) is 23.4 Å². The van der Waals surface area contributed by atoms with Gasteiger partial charge in [0.05, 0.1) is 4.90 Å². The number of nitrogens with one attached hydrogen (secondary N) is 1. The van der Waals surface area contributed by atoms with Crippen molar-refractivity contribution in [3.8, 4) is 0 Å². The van der Waals surface area contributed by atoms with Crippen LogP contribution in [0.3, 0.4) is 0 Å². The zero-order chi connectivity index (χ0) is 11.5. The molecule has 5 nitrogen and oxygen atoms in total. The molecule has 0 fully saturated rings. The molecule has 0 aromatic carbocycles.